The van der Waals surface area contributed by atoms with Crippen molar-refractivity contribution in [1.82, 2.24) is 4.98 Å². The van der Waals surface area contributed by atoms with Gasteiger partial charge in [-0.3, -0.25) is 0 Å². The minimum absolute atomic E-state index is 0.191. The minimum Gasteiger partial charge on any atom is -0.438 e. The standard InChI is InChI=1S/C13H8N4O/c14-6-9-1-3-12(4-2-9)18-13-10(7-15)5-11(16)8-17-13/h1-5,8H,16H2. The van der Waals surface area contributed by atoms with Crippen LogP contribution < -0.4 is 10.5 Å². The number of ether oxygens (including phenoxy) is 1. The normalized spacial score (nSPS) is 9.22. The zero-order chi connectivity index (χ0) is 13.0. The fourth-order valence-electron chi connectivity index (χ4n) is 1.34. The maximum Gasteiger partial charge on any atom is 0.237 e. The van der Waals surface area contributed by atoms with Crippen LogP contribution in [0.5, 0.6) is 11.6 Å². The third-order valence-electron chi connectivity index (χ3n) is 2.19. The van der Waals surface area contributed by atoms with Crippen LogP contribution in [-0.2, 0) is 0 Å². The quantitative estimate of drug-likeness (QED) is 0.862. The van der Waals surface area contributed by atoms with Crippen molar-refractivity contribution < 1.29 is 4.74 Å². The Hall–Kier alpha value is -3.05. The van der Waals surface area contributed by atoms with Crippen LogP contribution in [0.25, 0.3) is 0 Å². The number of nitriles is 2. The van der Waals surface area contributed by atoms with E-state index in [-0.39, 0.29) is 11.4 Å². The predicted molar refractivity (Wildman–Crippen MR) is 64.6 cm³/mol. The molecule has 0 radical (unpaired) electrons. The molecule has 0 spiro atoms. The molecule has 18 heavy (non-hydrogen) atoms. The van der Waals surface area contributed by atoms with E-state index < -0.39 is 0 Å². The number of hydrogen-bond donors (Lipinski definition) is 1. The van der Waals surface area contributed by atoms with Gasteiger partial charge in [0.05, 0.1) is 23.5 Å². The van der Waals surface area contributed by atoms with Crippen LogP contribution >= 0.6 is 0 Å². The van der Waals surface area contributed by atoms with E-state index in [2.05, 4.69) is 4.98 Å². The smallest absolute Gasteiger partial charge is 0.237 e. The van der Waals surface area contributed by atoms with E-state index >= 15 is 0 Å². The molecule has 1 aromatic heterocycles. The number of benzene rings is 1. The van der Waals surface area contributed by atoms with Gasteiger partial charge in [0.2, 0.25) is 5.88 Å². The molecule has 0 saturated heterocycles. The molecule has 1 heterocycles. The van der Waals surface area contributed by atoms with Gasteiger partial charge in [0.15, 0.2) is 0 Å². The molecular weight excluding hydrogens is 228 g/mol. The summed E-state index contributed by atoms with van der Waals surface area (Å²) >= 11 is 0. The minimum atomic E-state index is 0.191. The highest BCUT2D eigenvalue weighted by atomic mass is 16.5. The zero-order valence-corrected chi connectivity index (χ0v) is 9.29. The summed E-state index contributed by atoms with van der Waals surface area (Å²) in [7, 11) is 0. The van der Waals surface area contributed by atoms with Crippen molar-refractivity contribution in [2.45, 2.75) is 0 Å². The van der Waals surface area contributed by atoms with Gasteiger partial charge in [0.1, 0.15) is 17.4 Å². The fraction of sp³-hybridized carbons (Fsp3) is 0. The number of anilines is 1. The van der Waals surface area contributed by atoms with Crippen LogP contribution in [0.1, 0.15) is 11.1 Å². The first-order valence-electron chi connectivity index (χ1n) is 5.06. The summed E-state index contributed by atoms with van der Waals surface area (Å²) in [5.74, 6) is 0.694. The Morgan fingerprint density at radius 1 is 1.11 bits per heavy atom. The molecule has 5 heteroatoms. The van der Waals surface area contributed by atoms with Gasteiger partial charge in [0.25, 0.3) is 0 Å². The van der Waals surface area contributed by atoms with E-state index in [1.54, 1.807) is 24.3 Å². The Labute approximate surface area is 104 Å². The van der Waals surface area contributed by atoms with Gasteiger partial charge in [-0.05, 0) is 30.3 Å². The highest BCUT2D eigenvalue weighted by Crippen LogP contribution is 2.24. The van der Waals surface area contributed by atoms with Gasteiger partial charge in [0, 0.05) is 0 Å². The molecule has 0 unspecified atom stereocenters. The fourth-order valence-corrected chi connectivity index (χ4v) is 1.34. The molecule has 0 aliphatic heterocycles. The summed E-state index contributed by atoms with van der Waals surface area (Å²) in [6.07, 6.45) is 1.42. The molecule has 0 bridgehead atoms. The number of rotatable bonds is 2. The zero-order valence-electron chi connectivity index (χ0n) is 9.29. The summed E-state index contributed by atoms with van der Waals surface area (Å²) in [4.78, 5) is 3.95. The lowest BCUT2D eigenvalue weighted by Crippen LogP contribution is -1.94. The molecule has 0 atom stereocenters. The third kappa shape index (κ3) is 2.37. The first-order chi connectivity index (χ1) is 8.72. The largest absolute Gasteiger partial charge is 0.438 e. The molecule has 2 N–H and O–H groups in total. The van der Waals surface area contributed by atoms with Crippen LogP contribution in [0, 0.1) is 22.7 Å². The second-order valence-electron chi connectivity index (χ2n) is 3.47. The third-order valence-corrected chi connectivity index (χ3v) is 2.19. The Morgan fingerprint density at radius 3 is 2.44 bits per heavy atom. The lowest BCUT2D eigenvalue weighted by molar-refractivity contribution is 0.461. The Balaban J connectivity index is 2.29. The van der Waals surface area contributed by atoms with Gasteiger partial charge in [-0.25, -0.2) is 4.98 Å². The van der Waals surface area contributed by atoms with Crippen molar-refractivity contribution in [2.75, 3.05) is 5.73 Å². The predicted octanol–water partition coefficient (Wildman–Crippen LogP) is 2.20. The Kier molecular flexibility index (Phi) is 3.08. The number of pyridine rings is 1. The molecule has 0 amide bonds. The second kappa shape index (κ2) is 4.86. The number of aromatic nitrogens is 1. The molecule has 0 saturated carbocycles. The molecule has 2 rings (SSSR count). The van der Waals surface area contributed by atoms with Crippen molar-refractivity contribution in [3.05, 3.63) is 47.7 Å². The topological polar surface area (TPSA) is 95.7 Å². The molecule has 2 aromatic rings. The molecule has 0 fully saturated rings. The highest BCUT2D eigenvalue weighted by molar-refractivity contribution is 5.49. The molecule has 0 aliphatic rings. The van der Waals surface area contributed by atoms with Crippen LogP contribution in [0.4, 0.5) is 5.69 Å². The summed E-state index contributed by atoms with van der Waals surface area (Å²) < 4.78 is 5.46. The average molecular weight is 236 g/mol. The molecule has 86 valence electrons. The summed E-state index contributed by atoms with van der Waals surface area (Å²) in [5, 5.41) is 17.6. The Bertz CT molecular complexity index is 650. The van der Waals surface area contributed by atoms with Crippen LogP contribution in [0.3, 0.4) is 0 Å². The maximum absolute atomic E-state index is 8.93. The Morgan fingerprint density at radius 2 is 1.83 bits per heavy atom. The van der Waals surface area contributed by atoms with Crippen LogP contribution in [-0.4, -0.2) is 4.98 Å². The average Bonchev–Trinajstić information content (AvgIpc) is 2.41. The molecular formula is C13H8N4O. The van der Waals surface area contributed by atoms with E-state index in [1.807, 2.05) is 12.1 Å². The lowest BCUT2D eigenvalue weighted by Gasteiger charge is -2.06. The van der Waals surface area contributed by atoms with Crippen molar-refractivity contribution in [3.63, 3.8) is 0 Å². The van der Waals surface area contributed by atoms with Gasteiger partial charge in [-0.2, -0.15) is 10.5 Å². The van der Waals surface area contributed by atoms with Crippen molar-refractivity contribution in [3.8, 4) is 23.8 Å². The number of nitrogens with zero attached hydrogens (tertiary/aromatic N) is 3. The van der Waals surface area contributed by atoms with Gasteiger partial charge in [-0.15, -0.1) is 0 Å². The summed E-state index contributed by atoms with van der Waals surface area (Å²) in [6.45, 7) is 0. The van der Waals surface area contributed by atoms with E-state index in [0.717, 1.165) is 0 Å². The van der Waals surface area contributed by atoms with E-state index in [9.17, 15) is 0 Å². The first kappa shape index (κ1) is 11.4. The second-order valence-corrected chi connectivity index (χ2v) is 3.47. The lowest BCUT2D eigenvalue weighted by atomic mass is 10.2. The van der Waals surface area contributed by atoms with Crippen LogP contribution in [0.2, 0.25) is 0 Å². The first-order valence-corrected chi connectivity index (χ1v) is 5.06. The van der Waals surface area contributed by atoms with E-state index in [1.165, 1.54) is 12.3 Å². The SMILES string of the molecule is N#Cc1ccc(Oc2ncc(N)cc2C#N)cc1. The maximum atomic E-state index is 8.93. The molecule has 5 nitrogen and oxygen atoms in total. The monoisotopic (exact) mass is 236 g/mol. The summed E-state index contributed by atoms with van der Waals surface area (Å²) in [5.41, 5.74) is 6.73. The van der Waals surface area contributed by atoms with Gasteiger partial charge in [-0.1, -0.05) is 0 Å². The number of nitrogens with two attached hydrogens (primary N) is 1. The molecule has 1 aromatic carbocycles. The highest BCUT2D eigenvalue weighted by Gasteiger charge is 2.06. The van der Waals surface area contributed by atoms with E-state index in [0.29, 0.717) is 17.0 Å². The summed E-state index contributed by atoms with van der Waals surface area (Å²) in [6, 6.07) is 12.0. The van der Waals surface area contributed by atoms with Crippen molar-refractivity contribution in [2.24, 2.45) is 0 Å². The van der Waals surface area contributed by atoms with E-state index in [4.69, 9.17) is 21.0 Å². The molecule has 0 aliphatic carbocycles. The van der Waals surface area contributed by atoms with Gasteiger partial charge < -0.3 is 10.5 Å². The van der Waals surface area contributed by atoms with Crippen LogP contribution in [0.15, 0.2) is 36.5 Å². The number of nitrogen functional groups attached to an aromatic ring is 1. The van der Waals surface area contributed by atoms with Crippen molar-refractivity contribution in [1.29, 1.82) is 10.5 Å². The van der Waals surface area contributed by atoms with Gasteiger partial charge >= 0.3 is 0 Å². The van der Waals surface area contributed by atoms with Crippen molar-refractivity contribution >= 4 is 5.69 Å². The number of hydrogen-bond acceptors (Lipinski definition) is 5.